The van der Waals surface area contributed by atoms with Crippen molar-refractivity contribution in [1.29, 1.82) is 0 Å². The summed E-state index contributed by atoms with van der Waals surface area (Å²) >= 11 is 1.51. The van der Waals surface area contributed by atoms with Crippen LogP contribution in [0.4, 0.5) is 4.39 Å². The molecular weight excluding hydrogens is 331 g/mol. The quantitative estimate of drug-likeness (QED) is 0.744. The van der Waals surface area contributed by atoms with Gasteiger partial charge in [0.1, 0.15) is 29.1 Å². The molecule has 2 heterocycles. The highest BCUT2D eigenvalue weighted by atomic mass is 32.1. The minimum atomic E-state index is -0.878. The van der Waals surface area contributed by atoms with Crippen molar-refractivity contribution >= 4 is 21.6 Å². The van der Waals surface area contributed by atoms with Crippen LogP contribution in [-0.4, -0.2) is 27.4 Å². The third kappa shape index (κ3) is 3.63. The molecule has 0 fully saturated rings. The number of aryl methyl sites for hydroxylation is 1. The number of nitrogens with zero attached hydrogens (tertiary/aromatic N) is 2. The molecule has 3 aromatic rings. The fourth-order valence-electron chi connectivity index (χ4n) is 2.32. The molecule has 0 aliphatic rings. The largest absolute Gasteiger partial charge is 0.491 e. The SMILES string of the molecule is CCc1cc2c(=O)n(C[C@@H](O)COc3ccc(F)cc3)cnc2s1. The second-order valence-corrected chi connectivity index (χ2v) is 6.52. The average molecular weight is 348 g/mol. The molecule has 0 saturated heterocycles. The molecule has 3 rings (SSSR count). The van der Waals surface area contributed by atoms with Crippen molar-refractivity contribution in [3.8, 4) is 5.75 Å². The normalized spacial score (nSPS) is 12.5. The molecule has 1 aromatic carbocycles. The van der Waals surface area contributed by atoms with Crippen LogP contribution in [0, 0.1) is 5.82 Å². The Hall–Kier alpha value is -2.25. The number of rotatable bonds is 6. The number of ether oxygens (including phenoxy) is 1. The molecule has 0 aliphatic carbocycles. The first-order valence-corrected chi connectivity index (χ1v) is 8.42. The van der Waals surface area contributed by atoms with E-state index in [0.29, 0.717) is 16.0 Å². The summed E-state index contributed by atoms with van der Waals surface area (Å²) in [6, 6.07) is 7.39. The van der Waals surface area contributed by atoms with Crippen LogP contribution < -0.4 is 10.3 Å². The van der Waals surface area contributed by atoms with Crippen LogP contribution in [-0.2, 0) is 13.0 Å². The zero-order valence-corrected chi connectivity index (χ0v) is 13.9. The lowest BCUT2D eigenvalue weighted by Crippen LogP contribution is -2.30. The summed E-state index contributed by atoms with van der Waals surface area (Å²) in [5.74, 6) is 0.109. The molecule has 5 nitrogen and oxygen atoms in total. The van der Waals surface area contributed by atoms with E-state index >= 15 is 0 Å². The van der Waals surface area contributed by atoms with Crippen LogP contribution in [0.3, 0.4) is 0 Å². The standard InChI is InChI=1S/C17H17FN2O3S/c1-2-14-7-15-16(24-14)19-10-20(17(15)22)8-12(21)9-23-13-5-3-11(18)4-6-13/h3-7,10,12,21H,2,8-9H2,1H3/t12-/m1/s1. The van der Waals surface area contributed by atoms with Crippen molar-refractivity contribution in [1.82, 2.24) is 9.55 Å². The molecule has 0 spiro atoms. The maximum Gasteiger partial charge on any atom is 0.262 e. The van der Waals surface area contributed by atoms with Crippen LogP contribution in [0.2, 0.25) is 0 Å². The van der Waals surface area contributed by atoms with Gasteiger partial charge in [0.05, 0.1) is 18.3 Å². The van der Waals surface area contributed by atoms with E-state index in [0.717, 1.165) is 11.3 Å². The first kappa shape index (κ1) is 16.6. The van der Waals surface area contributed by atoms with E-state index in [1.165, 1.54) is 46.5 Å². The van der Waals surface area contributed by atoms with Gasteiger partial charge in [-0.2, -0.15) is 0 Å². The lowest BCUT2D eigenvalue weighted by atomic mass is 10.3. The summed E-state index contributed by atoms with van der Waals surface area (Å²) in [6.45, 7) is 2.11. The predicted octanol–water partition coefficient (Wildman–Crippen LogP) is 2.60. The van der Waals surface area contributed by atoms with Gasteiger partial charge in [0, 0.05) is 4.88 Å². The van der Waals surface area contributed by atoms with Gasteiger partial charge in [-0.05, 0) is 36.8 Å². The van der Waals surface area contributed by atoms with E-state index in [4.69, 9.17) is 4.74 Å². The number of benzene rings is 1. The fourth-order valence-corrected chi connectivity index (χ4v) is 3.24. The minimum Gasteiger partial charge on any atom is -0.491 e. The number of fused-ring (bicyclic) bond motifs is 1. The van der Waals surface area contributed by atoms with Gasteiger partial charge in [-0.1, -0.05) is 6.92 Å². The topological polar surface area (TPSA) is 64.4 Å². The molecular formula is C17H17FN2O3S. The van der Waals surface area contributed by atoms with Crippen molar-refractivity contribution in [2.24, 2.45) is 0 Å². The molecule has 0 bridgehead atoms. The van der Waals surface area contributed by atoms with Gasteiger partial charge < -0.3 is 9.84 Å². The monoisotopic (exact) mass is 348 g/mol. The van der Waals surface area contributed by atoms with E-state index in [9.17, 15) is 14.3 Å². The highest BCUT2D eigenvalue weighted by molar-refractivity contribution is 7.18. The van der Waals surface area contributed by atoms with Crippen molar-refractivity contribution in [3.63, 3.8) is 0 Å². The van der Waals surface area contributed by atoms with Gasteiger partial charge in [-0.15, -0.1) is 11.3 Å². The molecule has 1 N–H and O–H groups in total. The molecule has 0 unspecified atom stereocenters. The third-order valence-corrected chi connectivity index (χ3v) is 4.77. The van der Waals surface area contributed by atoms with Crippen LogP contribution in [0.5, 0.6) is 5.75 Å². The molecule has 1 atom stereocenters. The molecule has 0 amide bonds. The van der Waals surface area contributed by atoms with Crippen molar-refractivity contribution in [3.05, 3.63) is 57.7 Å². The Morgan fingerprint density at radius 3 is 2.83 bits per heavy atom. The second kappa shape index (κ2) is 7.11. The van der Waals surface area contributed by atoms with Gasteiger partial charge in [-0.25, -0.2) is 9.37 Å². The van der Waals surface area contributed by atoms with Crippen LogP contribution in [0.25, 0.3) is 10.2 Å². The molecule has 0 radical (unpaired) electrons. The number of thiophene rings is 1. The van der Waals surface area contributed by atoms with Gasteiger partial charge in [0.2, 0.25) is 0 Å². The highest BCUT2D eigenvalue weighted by Gasteiger charge is 2.12. The molecule has 0 saturated carbocycles. The average Bonchev–Trinajstić information content (AvgIpc) is 3.01. The number of aliphatic hydroxyl groups excluding tert-OH is 1. The summed E-state index contributed by atoms with van der Waals surface area (Å²) in [7, 11) is 0. The summed E-state index contributed by atoms with van der Waals surface area (Å²) < 4.78 is 19.6. The Bertz CT molecular complexity index is 889. The van der Waals surface area contributed by atoms with Crippen LogP contribution in [0.1, 0.15) is 11.8 Å². The lowest BCUT2D eigenvalue weighted by Gasteiger charge is -2.13. The molecule has 126 valence electrons. The summed E-state index contributed by atoms with van der Waals surface area (Å²) in [6.07, 6.45) is 1.42. The van der Waals surface area contributed by atoms with Gasteiger partial charge in [-0.3, -0.25) is 9.36 Å². The van der Waals surface area contributed by atoms with Crippen molar-refractivity contribution < 1.29 is 14.2 Å². The molecule has 2 aromatic heterocycles. The predicted molar refractivity (Wildman–Crippen MR) is 91.2 cm³/mol. The summed E-state index contributed by atoms with van der Waals surface area (Å²) in [4.78, 5) is 18.5. The van der Waals surface area contributed by atoms with Crippen LogP contribution >= 0.6 is 11.3 Å². The van der Waals surface area contributed by atoms with Crippen molar-refractivity contribution in [2.75, 3.05) is 6.61 Å². The summed E-state index contributed by atoms with van der Waals surface area (Å²) in [5.41, 5.74) is -0.170. The molecule has 0 aliphatic heterocycles. The Labute approximate surface area is 142 Å². The number of aliphatic hydroxyl groups is 1. The van der Waals surface area contributed by atoms with Gasteiger partial charge in [0.15, 0.2) is 0 Å². The number of aromatic nitrogens is 2. The van der Waals surface area contributed by atoms with E-state index in [1.54, 1.807) is 0 Å². The van der Waals surface area contributed by atoms with E-state index in [1.807, 2.05) is 13.0 Å². The van der Waals surface area contributed by atoms with E-state index < -0.39 is 6.10 Å². The van der Waals surface area contributed by atoms with Crippen LogP contribution in [0.15, 0.2) is 41.5 Å². The minimum absolute atomic E-state index is 0.0000432. The highest BCUT2D eigenvalue weighted by Crippen LogP contribution is 2.21. The maximum atomic E-state index is 12.8. The zero-order chi connectivity index (χ0) is 17.1. The number of hydrogen-bond donors (Lipinski definition) is 1. The second-order valence-electron chi connectivity index (χ2n) is 5.41. The van der Waals surface area contributed by atoms with E-state index in [-0.39, 0.29) is 24.5 Å². The first-order chi connectivity index (χ1) is 11.6. The Kier molecular flexibility index (Phi) is 4.92. The first-order valence-electron chi connectivity index (χ1n) is 7.61. The Balaban J connectivity index is 1.68. The number of halogens is 1. The molecule has 24 heavy (non-hydrogen) atoms. The number of hydrogen-bond acceptors (Lipinski definition) is 5. The summed E-state index contributed by atoms with van der Waals surface area (Å²) in [5, 5.41) is 10.7. The van der Waals surface area contributed by atoms with Crippen molar-refractivity contribution in [2.45, 2.75) is 26.0 Å². The third-order valence-electron chi connectivity index (χ3n) is 3.58. The van der Waals surface area contributed by atoms with E-state index in [2.05, 4.69) is 4.98 Å². The van der Waals surface area contributed by atoms with Gasteiger partial charge >= 0.3 is 0 Å². The Morgan fingerprint density at radius 2 is 2.12 bits per heavy atom. The molecule has 7 heteroatoms. The zero-order valence-electron chi connectivity index (χ0n) is 13.1. The fraction of sp³-hybridized carbons (Fsp3) is 0.294. The van der Waals surface area contributed by atoms with Gasteiger partial charge in [0.25, 0.3) is 5.56 Å². The smallest absolute Gasteiger partial charge is 0.262 e. The lowest BCUT2D eigenvalue weighted by molar-refractivity contribution is 0.0914. The Morgan fingerprint density at radius 1 is 1.38 bits per heavy atom. The maximum absolute atomic E-state index is 12.8.